The quantitative estimate of drug-likeness (QED) is 0.808. The first kappa shape index (κ1) is 11.6. The fraction of sp³-hybridized carbons (Fsp3) is 0.545. The monoisotopic (exact) mass is 208 g/mol. The van der Waals surface area contributed by atoms with Crippen molar-refractivity contribution in [2.75, 3.05) is 0 Å². The van der Waals surface area contributed by atoms with Crippen LogP contribution in [-0.2, 0) is 6.42 Å². The smallest absolute Gasteiger partial charge is 0.354 e. The first-order valence-corrected chi connectivity index (χ1v) is 4.85. The van der Waals surface area contributed by atoms with Gasteiger partial charge in [0, 0.05) is 18.2 Å². The predicted octanol–water partition coefficient (Wildman–Crippen LogP) is 2.07. The van der Waals surface area contributed by atoms with Crippen LogP contribution in [0, 0.1) is 12.3 Å². The molecule has 0 spiro atoms. The molecule has 0 aliphatic heterocycles. The molecule has 0 radical (unpaired) electrons. The zero-order valence-electron chi connectivity index (χ0n) is 9.53. The van der Waals surface area contributed by atoms with Gasteiger partial charge in [-0.1, -0.05) is 20.8 Å². The number of hydrogen-bond donors (Lipinski definition) is 1. The maximum Gasteiger partial charge on any atom is 0.354 e. The molecule has 0 bridgehead atoms. The number of hydrogen-bond acceptors (Lipinski definition) is 3. The van der Waals surface area contributed by atoms with E-state index in [-0.39, 0.29) is 11.1 Å². The molecule has 0 aliphatic rings. The highest BCUT2D eigenvalue weighted by Gasteiger charge is 2.16. The van der Waals surface area contributed by atoms with E-state index >= 15 is 0 Å². The second-order valence-corrected chi connectivity index (χ2v) is 4.86. The Bertz CT molecular complexity index is 381. The van der Waals surface area contributed by atoms with E-state index in [4.69, 9.17) is 5.11 Å². The van der Waals surface area contributed by atoms with E-state index in [0.29, 0.717) is 17.8 Å². The normalized spacial score (nSPS) is 11.5. The molecule has 0 amide bonds. The number of carboxylic acids is 1. The van der Waals surface area contributed by atoms with E-state index in [9.17, 15) is 4.79 Å². The van der Waals surface area contributed by atoms with Crippen molar-refractivity contribution in [3.8, 4) is 0 Å². The van der Waals surface area contributed by atoms with Crippen LogP contribution in [-0.4, -0.2) is 21.0 Å². The maximum atomic E-state index is 10.8. The van der Waals surface area contributed by atoms with Crippen molar-refractivity contribution in [2.45, 2.75) is 34.1 Å². The lowest BCUT2D eigenvalue weighted by atomic mass is 9.92. The topological polar surface area (TPSA) is 63.1 Å². The van der Waals surface area contributed by atoms with Gasteiger partial charge in [0.2, 0.25) is 0 Å². The summed E-state index contributed by atoms with van der Waals surface area (Å²) in [6.07, 6.45) is 2.24. The van der Waals surface area contributed by atoms with Crippen LogP contribution in [0.5, 0.6) is 0 Å². The molecule has 0 saturated heterocycles. The van der Waals surface area contributed by atoms with Gasteiger partial charge in [-0.3, -0.25) is 0 Å². The molecule has 82 valence electrons. The second-order valence-electron chi connectivity index (χ2n) is 4.86. The van der Waals surface area contributed by atoms with Gasteiger partial charge in [0.25, 0.3) is 0 Å². The van der Waals surface area contributed by atoms with Crippen LogP contribution in [0.2, 0.25) is 0 Å². The molecule has 1 N–H and O–H groups in total. The summed E-state index contributed by atoms with van der Waals surface area (Å²) in [4.78, 5) is 19.0. The van der Waals surface area contributed by atoms with Crippen molar-refractivity contribution < 1.29 is 9.90 Å². The number of aryl methyl sites for hydroxylation is 1. The molecule has 1 heterocycles. The van der Waals surface area contributed by atoms with Crippen molar-refractivity contribution in [1.82, 2.24) is 9.97 Å². The molecule has 4 nitrogen and oxygen atoms in total. The van der Waals surface area contributed by atoms with Gasteiger partial charge < -0.3 is 5.11 Å². The van der Waals surface area contributed by atoms with E-state index < -0.39 is 5.97 Å². The molecule has 0 aliphatic carbocycles. The zero-order valence-corrected chi connectivity index (χ0v) is 9.53. The van der Waals surface area contributed by atoms with Gasteiger partial charge in [-0.15, -0.1) is 0 Å². The summed E-state index contributed by atoms with van der Waals surface area (Å²) in [5.74, 6) is -0.407. The standard InChI is InChI=1S/C11H16N2O2/c1-7-6-12-8(5-11(2,3)4)13-9(7)10(14)15/h6H,5H2,1-4H3,(H,14,15). The van der Waals surface area contributed by atoms with Crippen molar-refractivity contribution in [3.05, 3.63) is 23.3 Å². The maximum absolute atomic E-state index is 10.8. The van der Waals surface area contributed by atoms with E-state index in [0.717, 1.165) is 0 Å². The summed E-state index contributed by atoms with van der Waals surface area (Å²) in [6, 6.07) is 0. The van der Waals surface area contributed by atoms with Gasteiger partial charge >= 0.3 is 5.97 Å². The van der Waals surface area contributed by atoms with Gasteiger partial charge in [0.05, 0.1) is 0 Å². The summed E-state index contributed by atoms with van der Waals surface area (Å²) in [6.45, 7) is 7.90. The summed E-state index contributed by atoms with van der Waals surface area (Å²) in [5.41, 5.74) is 0.759. The molecule has 4 heteroatoms. The lowest BCUT2D eigenvalue weighted by Gasteiger charge is -2.16. The summed E-state index contributed by atoms with van der Waals surface area (Å²) in [7, 11) is 0. The Morgan fingerprint density at radius 3 is 2.53 bits per heavy atom. The first-order chi connectivity index (χ1) is 6.79. The van der Waals surface area contributed by atoms with E-state index in [1.165, 1.54) is 0 Å². The van der Waals surface area contributed by atoms with Crippen LogP contribution >= 0.6 is 0 Å². The Balaban J connectivity index is 3.03. The highest BCUT2D eigenvalue weighted by Crippen LogP contribution is 2.18. The Labute approximate surface area is 89.4 Å². The van der Waals surface area contributed by atoms with E-state index in [2.05, 4.69) is 30.7 Å². The van der Waals surface area contributed by atoms with Gasteiger partial charge in [0.1, 0.15) is 5.82 Å². The van der Waals surface area contributed by atoms with Crippen molar-refractivity contribution in [3.63, 3.8) is 0 Å². The third kappa shape index (κ3) is 3.31. The SMILES string of the molecule is Cc1cnc(CC(C)(C)C)nc1C(=O)O. The van der Waals surface area contributed by atoms with Crippen LogP contribution in [0.1, 0.15) is 42.6 Å². The average Bonchev–Trinajstić information content (AvgIpc) is 2.05. The van der Waals surface area contributed by atoms with Crippen molar-refractivity contribution >= 4 is 5.97 Å². The molecule has 0 fully saturated rings. The fourth-order valence-corrected chi connectivity index (χ4v) is 1.25. The Hall–Kier alpha value is -1.45. The van der Waals surface area contributed by atoms with Crippen LogP contribution in [0.15, 0.2) is 6.20 Å². The predicted molar refractivity (Wildman–Crippen MR) is 56.9 cm³/mol. The molecule has 1 aromatic heterocycles. The third-order valence-corrected chi connectivity index (χ3v) is 1.91. The highest BCUT2D eigenvalue weighted by atomic mass is 16.4. The molecule has 0 unspecified atom stereocenters. The number of carbonyl (C=O) groups is 1. The van der Waals surface area contributed by atoms with Gasteiger partial charge in [-0.25, -0.2) is 14.8 Å². The fourth-order valence-electron chi connectivity index (χ4n) is 1.25. The third-order valence-electron chi connectivity index (χ3n) is 1.91. The number of nitrogens with zero attached hydrogens (tertiary/aromatic N) is 2. The lowest BCUT2D eigenvalue weighted by Crippen LogP contribution is -2.15. The Morgan fingerprint density at radius 2 is 2.07 bits per heavy atom. The van der Waals surface area contributed by atoms with Gasteiger partial charge in [0.15, 0.2) is 5.69 Å². The number of aromatic carboxylic acids is 1. The first-order valence-electron chi connectivity index (χ1n) is 4.85. The minimum absolute atomic E-state index is 0.0605. The molecular weight excluding hydrogens is 192 g/mol. The molecular formula is C11H16N2O2. The summed E-state index contributed by atoms with van der Waals surface area (Å²) < 4.78 is 0. The van der Waals surface area contributed by atoms with E-state index in [1.807, 2.05) is 0 Å². The summed E-state index contributed by atoms with van der Waals surface area (Å²) >= 11 is 0. The Morgan fingerprint density at radius 1 is 1.47 bits per heavy atom. The highest BCUT2D eigenvalue weighted by molar-refractivity contribution is 5.86. The summed E-state index contributed by atoms with van der Waals surface area (Å²) in [5, 5.41) is 8.90. The number of rotatable bonds is 2. The number of carboxylic acid groups (broad SMARTS) is 1. The van der Waals surface area contributed by atoms with E-state index in [1.54, 1.807) is 13.1 Å². The number of aromatic nitrogens is 2. The van der Waals surface area contributed by atoms with Crippen LogP contribution in [0.3, 0.4) is 0 Å². The molecule has 1 aromatic rings. The molecule has 15 heavy (non-hydrogen) atoms. The van der Waals surface area contributed by atoms with Crippen LogP contribution < -0.4 is 0 Å². The lowest BCUT2D eigenvalue weighted by molar-refractivity contribution is 0.0688. The van der Waals surface area contributed by atoms with Crippen molar-refractivity contribution in [2.24, 2.45) is 5.41 Å². The minimum Gasteiger partial charge on any atom is -0.477 e. The molecule has 0 atom stereocenters. The van der Waals surface area contributed by atoms with Crippen LogP contribution in [0.25, 0.3) is 0 Å². The average molecular weight is 208 g/mol. The van der Waals surface area contributed by atoms with Gasteiger partial charge in [-0.2, -0.15) is 0 Å². The van der Waals surface area contributed by atoms with Crippen LogP contribution in [0.4, 0.5) is 0 Å². The largest absolute Gasteiger partial charge is 0.477 e. The second kappa shape index (κ2) is 3.96. The zero-order chi connectivity index (χ0) is 11.6. The van der Waals surface area contributed by atoms with Crippen molar-refractivity contribution in [1.29, 1.82) is 0 Å². The minimum atomic E-state index is -0.995. The van der Waals surface area contributed by atoms with Gasteiger partial charge in [-0.05, 0) is 12.3 Å². The molecule has 0 saturated carbocycles. The molecule has 0 aromatic carbocycles. The Kier molecular flexibility index (Phi) is 3.07. The molecule has 1 rings (SSSR count).